The lowest BCUT2D eigenvalue weighted by atomic mass is 9.84. The molecule has 24 heavy (non-hydrogen) atoms. The number of aromatic hydroxyl groups is 1. The van der Waals surface area contributed by atoms with Gasteiger partial charge in [0.15, 0.2) is 0 Å². The molecule has 0 heterocycles. The summed E-state index contributed by atoms with van der Waals surface area (Å²) in [6.45, 7) is 2.18. The number of phenolic OH excluding ortho intramolecular Hbond substituents is 1. The number of carboxylic acids is 1. The van der Waals surface area contributed by atoms with E-state index in [1.807, 2.05) is 0 Å². The van der Waals surface area contributed by atoms with Crippen LogP contribution in [0.25, 0.3) is 0 Å². The Morgan fingerprint density at radius 2 is 1.62 bits per heavy atom. The highest BCUT2D eigenvalue weighted by atomic mass is 16.4. The first-order valence-electron chi connectivity index (χ1n) is 8.88. The van der Waals surface area contributed by atoms with Crippen LogP contribution in [0.3, 0.4) is 0 Å². The van der Waals surface area contributed by atoms with Crippen LogP contribution in [0.15, 0.2) is 24.3 Å². The second-order valence-electron chi connectivity index (χ2n) is 6.61. The molecule has 136 valence electrons. The Hall–Kier alpha value is -1.59. The van der Waals surface area contributed by atoms with E-state index in [-0.39, 0.29) is 12.2 Å². The standard InChI is InChI=1S/C19H31NO4/c1-2-3-4-5-6-7-8-9-17(22)19(20,18(23)24)14-15-10-12-16(21)13-11-15/h10-13,17,21-22H,2-9,14,20H2,1H3,(H,23,24)/t17?,19-/m1/s1. The number of phenols is 1. The number of aliphatic carboxylic acids is 1. The number of carbonyl (C=O) groups is 1. The van der Waals surface area contributed by atoms with Gasteiger partial charge in [0.05, 0.1) is 6.10 Å². The Bertz CT molecular complexity index is 489. The minimum Gasteiger partial charge on any atom is -0.508 e. The smallest absolute Gasteiger partial charge is 0.326 e. The lowest BCUT2D eigenvalue weighted by Gasteiger charge is -2.30. The van der Waals surface area contributed by atoms with Crippen molar-refractivity contribution in [3.8, 4) is 5.75 Å². The van der Waals surface area contributed by atoms with Crippen LogP contribution in [0.5, 0.6) is 5.75 Å². The minimum atomic E-state index is -1.71. The van der Waals surface area contributed by atoms with Crippen LogP contribution in [0.4, 0.5) is 0 Å². The van der Waals surface area contributed by atoms with Crippen molar-refractivity contribution in [1.29, 1.82) is 0 Å². The van der Waals surface area contributed by atoms with Crippen molar-refractivity contribution in [3.05, 3.63) is 29.8 Å². The Morgan fingerprint density at radius 1 is 1.08 bits per heavy atom. The molecule has 0 aromatic heterocycles. The summed E-state index contributed by atoms with van der Waals surface area (Å²) in [5, 5.41) is 29.1. The topological polar surface area (TPSA) is 104 Å². The second kappa shape index (κ2) is 10.3. The molecular formula is C19H31NO4. The first-order chi connectivity index (χ1) is 11.4. The van der Waals surface area contributed by atoms with Crippen molar-refractivity contribution in [3.63, 3.8) is 0 Å². The molecule has 0 aliphatic heterocycles. The maximum absolute atomic E-state index is 11.6. The molecule has 5 heteroatoms. The molecular weight excluding hydrogens is 306 g/mol. The maximum Gasteiger partial charge on any atom is 0.326 e. The van der Waals surface area contributed by atoms with Crippen molar-refractivity contribution in [2.75, 3.05) is 0 Å². The average Bonchev–Trinajstić information content (AvgIpc) is 2.55. The van der Waals surface area contributed by atoms with Crippen LogP contribution in [-0.4, -0.2) is 32.9 Å². The highest BCUT2D eigenvalue weighted by Gasteiger charge is 2.41. The van der Waals surface area contributed by atoms with E-state index in [1.165, 1.54) is 37.8 Å². The molecule has 1 rings (SSSR count). The van der Waals surface area contributed by atoms with E-state index in [2.05, 4.69) is 6.92 Å². The van der Waals surface area contributed by atoms with Crippen LogP contribution in [-0.2, 0) is 11.2 Å². The first-order valence-corrected chi connectivity index (χ1v) is 8.88. The number of aliphatic hydroxyl groups is 1. The van der Waals surface area contributed by atoms with E-state index >= 15 is 0 Å². The second-order valence-corrected chi connectivity index (χ2v) is 6.61. The zero-order valence-corrected chi connectivity index (χ0v) is 14.6. The highest BCUT2D eigenvalue weighted by molar-refractivity contribution is 5.80. The van der Waals surface area contributed by atoms with Crippen LogP contribution in [0, 0.1) is 0 Å². The minimum absolute atomic E-state index is 0.0281. The molecule has 5 N–H and O–H groups in total. The highest BCUT2D eigenvalue weighted by Crippen LogP contribution is 2.22. The molecule has 0 aliphatic carbocycles. The summed E-state index contributed by atoms with van der Waals surface area (Å²) in [6, 6.07) is 6.22. The van der Waals surface area contributed by atoms with Gasteiger partial charge < -0.3 is 21.1 Å². The SMILES string of the molecule is CCCCCCCCCC(O)[C@](N)(Cc1ccc(O)cc1)C(=O)O. The molecule has 0 saturated heterocycles. The summed E-state index contributed by atoms with van der Waals surface area (Å²) in [4.78, 5) is 11.6. The number of benzene rings is 1. The normalized spacial score (nSPS) is 15.0. The monoisotopic (exact) mass is 337 g/mol. The van der Waals surface area contributed by atoms with Gasteiger partial charge in [0.1, 0.15) is 11.3 Å². The lowest BCUT2D eigenvalue weighted by molar-refractivity contribution is -0.148. The number of hydrogen-bond acceptors (Lipinski definition) is 4. The van der Waals surface area contributed by atoms with Crippen LogP contribution in [0.2, 0.25) is 0 Å². The fourth-order valence-electron chi connectivity index (χ4n) is 2.84. The van der Waals surface area contributed by atoms with E-state index in [0.29, 0.717) is 12.0 Å². The largest absolute Gasteiger partial charge is 0.508 e. The summed E-state index contributed by atoms with van der Waals surface area (Å²) in [5.41, 5.74) is 4.99. The summed E-state index contributed by atoms with van der Waals surface area (Å²) >= 11 is 0. The number of nitrogens with two attached hydrogens (primary N) is 1. The summed E-state index contributed by atoms with van der Waals surface area (Å²) in [6.07, 6.45) is 7.05. The molecule has 1 unspecified atom stereocenters. The third kappa shape index (κ3) is 6.49. The van der Waals surface area contributed by atoms with Gasteiger partial charge in [0.25, 0.3) is 0 Å². The van der Waals surface area contributed by atoms with Gasteiger partial charge in [0, 0.05) is 6.42 Å². The van der Waals surface area contributed by atoms with Gasteiger partial charge in [-0.25, -0.2) is 0 Å². The summed E-state index contributed by atoms with van der Waals surface area (Å²) < 4.78 is 0. The van der Waals surface area contributed by atoms with Gasteiger partial charge in [-0.1, -0.05) is 64.0 Å². The average molecular weight is 337 g/mol. The molecule has 1 aromatic carbocycles. The van der Waals surface area contributed by atoms with Crippen molar-refractivity contribution in [2.24, 2.45) is 5.73 Å². The molecule has 0 radical (unpaired) electrons. The van der Waals surface area contributed by atoms with Gasteiger partial charge in [-0.3, -0.25) is 4.79 Å². The van der Waals surface area contributed by atoms with Crippen molar-refractivity contribution < 1.29 is 20.1 Å². The molecule has 0 saturated carbocycles. The number of carboxylic acid groups (broad SMARTS) is 1. The molecule has 0 spiro atoms. The molecule has 5 nitrogen and oxygen atoms in total. The van der Waals surface area contributed by atoms with E-state index < -0.39 is 17.6 Å². The van der Waals surface area contributed by atoms with Gasteiger partial charge >= 0.3 is 5.97 Å². The molecule has 1 aromatic rings. The Labute approximate surface area is 144 Å². The first kappa shape index (κ1) is 20.5. The lowest BCUT2D eigenvalue weighted by Crippen LogP contribution is -2.59. The third-order valence-corrected chi connectivity index (χ3v) is 4.51. The molecule has 2 atom stereocenters. The predicted molar refractivity (Wildman–Crippen MR) is 95.0 cm³/mol. The van der Waals surface area contributed by atoms with E-state index in [0.717, 1.165) is 19.3 Å². The van der Waals surface area contributed by atoms with E-state index in [4.69, 9.17) is 5.73 Å². The summed E-state index contributed by atoms with van der Waals surface area (Å²) in [5.74, 6) is -1.09. The Kier molecular flexibility index (Phi) is 8.79. The van der Waals surface area contributed by atoms with E-state index in [1.54, 1.807) is 12.1 Å². The van der Waals surface area contributed by atoms with Gasteiger partial charge in [-0.2, -0.15) is 0 Å². The zero-order valence-electron chi connectivity index (χ0n) is 14.6. The number of aliphatic hydroxyl groups excluding tert-OH is 1. The molecule has 0 fully saturated rings. The van der Waals surface area contributed by atoms with Crippen LogP contribution < -0.4 is 5.73 Å². The number of hydrogen-bond donors (Lipinski definition) is 4. The van der Waals surface area contributed by atoms with Gasteiger partial charge in [0.2, 0.25) is 0 Å². The van der Waals surface area contributed by atoms with Crippen LogP contribution in [0.1, 0.15) is 63.9 Å². The molecule has 0 amide bonds. The van der Waals surface area contributed by atoms with Crippen molar-refractivity contribution in [1.82, 2.24) is 0 Å². The van der Waals surface area contributed by atoms with Gasteiger partial charge in [-0.05, 0) is 24.1 Å². The summed E-state index contributed by atoms with van der Waals surface area (Å²) in [7, 11) is 0. The van der Waals surface area contributed by atoms with Crippen molar-refractivity contribution in [2.45, 2.75) is 76.4 Å². The van der Waals surface area contributed by atoms with E-state index in [9.17, 15) is 20.1 Å². The zero-order chi connectivity index (χ0) is 18.0. The quantitative estimate of drug-likeness (QED) is 0.438. The maximum atomic E-state index is 11.6. The predicted octanol–water partition coefficient (Wildman–Crippen LogP) is 3.22. The van der Waals surface area contributed by atoms with Crippen LogP contribution >= 0.6 is 0 Å². The molecule has 0 bridgehead atoms. The number of rotatable bonds is 12. The van der Waals surface area contributed by atoms with Gasteiger partial charge in [-0.15, -0.1) is 0 Å². The Balaban J connectivity index is 2.50. The number of unbranched alkanes of at least 4 members (excludes halogenated alkanes) is 6. The molecule has 0 aliphatic rings. The Morgan fingerprint density at radius 3 is 2.17 bits per heavy atom. The third-order valence-electron chi connectivity index (χ3n) is 4.51. The van der Waals surface area contributed by atoms with Crippen molar-refractivity contribution >= 4 is 5.97 Å². The fraction of sp³-hybridized carbons (Fsp3) is 0.632. The fourth-order valence-corrected chi connectivity index (χ4v) is 2.84.